The van der Waals surface area contributed by atoms with Crippen molar-refractivity contribution in [3.05, 3.63) is 0 Å². The molecule has 0 radical (unpaired) electrons. The van der Waals surface area contributed by atoms with E-state index in [9.17, 15) is 4.79 Å². The molecule has 3 aliphatic rings. The van der Waals surface area contributed by atoms with Gasteiger partial charge in [-0.25, -0.2) is 0 Å². The van der Waals surface area contributed by atoms with Crippen molar-refractivity contribution < 1.29 is 14.3 Å². The van der Waals surface area contributed by atoms with E-state index in [1.54, 1.807) is 0 Å². The van der Waals surface area contributed by atoms with Crippen LogP contribution in [0.4, 0.5) is 0 Å². The van der Waals surface area contributed by atoms with Gasteiger partial charge in [0.25, 0.3) is 0 Å². The van der Waals surface area contributed by atoms with Gasteiger partial charge in [0.2, 0.25) is 5.91 Å². The molecule has 3 N–H and O–H groups in total. The number of carbonyl (C=O) groups excluding carboxylic acids is 1. The van der Waals surface area contributed by atoms with Crippen molar-refractivity contribution in [3.8, 4) is 0 Å². The van der Waals surface area contributed by atoms with Gasteiger partial charge >= 0.3 is 0 Å². The molecule has 8 heteroatoms. The Labute approximate surface area is 176 Å². The Balaban J connectivity index is 0.00000182. The molecule has 1 amide bonds. The summed E-state index contributed by atoms with van der Waals surface area (Å²) in [5.41, 5.74) is 6.45. The van der Waals surface area contributed by atoms with E-state index in [1.807, 2.05) is 0 Å². The maximum Gasteiger partial charge on any atom is 0.237 e. The second kappa shape index (κ2) is 12.5. The topological polar surface area (TPSA) is 76.8 Å². The highest BCUT2D eigenvalue weighted by atomic mass is 35.5. The zero-order chi connectivity index (χ0) is 17.5. The quantitative estimate of drug-likeness (QED) is 0.679. The minimum absolute atomic E-state index is 0. The maximum atomic E-state index is 12.6. The van der Waals surface area contributed by atoms with Crippen molar-refractivity contribution in [1.29, 1.82) is 0 Å². The van der Waals surface area contributed by atoms with Crippen LogP contribution in [0, 0.1) is 11.3 Å². The molecule has 0 aromatic rings. The Kier molecular flexibility index (Phi) is 11.5. The number of nitrogens with one attached hydrogen (secondary N) is 1. The summed E-state index contributed by atoms with van der Waals surface area (Å²) >= 11 is 0. The largest absolute Gasteiger partial charge is 0.381 e. The summed E-state index contributed by atoms with van der Waals surface area (Å²) in [7, 11) is 0. The Hall–Kier alpha value is -0.110. The predicted octanol–water partition coefficient (Wildman–Crippen LogP) is 1.98. The second-order valence-electron chi connectivity index (χ2n) is 8.14. The predicted molar refractivity (Wildman–Crippen MR) is 112 cm³/mol. The number of ether oxygens (including phenoxy) is 2. The van der Waals surface area contributed by atoms with Gasteiger partial charge < -0.3 is 20.5 Å². The molecule has 2 saturated heterocycles. The van der Waals surface area contributed by atoms with E-state index in [1.165, 1.54) is 32.1 Å². The van der Waals surface area contributed by atoms with E-state index in [2.05, 4.69) is 10.2 Å². The lowest BCUT2D eigenvalue weighted by atomic mass is 9.73. The summed E-state index contributed by atoms with van der Waals surface area (Å²) in [5.74, 6) is 0.286. The zero-order valence-corrected chi connectivity index (χ0v) is 18.0. The molecule has 160 valence electrons. The van der Waals surface area contributed by atoms with Crippen LogP contribution in [0.15, 0.2) is 0 Å². The first-order chi connectivity index (χ1) is 12.2. The number of rotatable bonds is 6. The van der Waals surface area contributed by atoms with E-state index in [4.69, 9.17) is 15.2 Å². The van der Waals surface area contributed by atoms with Crippen LogP contribution >= 0.6 is 24.8 Å². The lowest BCUT2D eigenvalue weighted by Gasteiger charge is -2.42. The van der Waals surface area contributed by atoms with Crippen molar-refractivity contribution >= 4 is 30.7 Å². The number of amides is 1. The van der Waals surface area contributed by atoms with Gasteiger partial charge in [-0.1, -0.05) is 19.3 Å². The van der Waals surface area contributed by atoms with Crippen LogP contribution in [0.3, 0.4) is 0 Å². The number of nitrogens with two attached hydrogens (primary N) is 1. The highest BCUT2D eigenvalue weighted by Gasteiger charge is 2.36. The lowest BCUT2D eigenvalue weighted by Crippen LogP contribution is -2.53. The Morgan fingerprint density at radius 3 is 2.26 bits per heavy atom. The smallest absolute Gasteiger partial charge is 0.237 e. The average molecular weight is 426 g/mol. The summed E-state index contributed by atoms with van der Waals surface area (Å²) in [6.07, 6.45) is 8.06. The molecular formula is C19H37Cl2N3O3. The van der Waals surface area contributed by atoms with Crippen LogP contribution in [0.1, 0.15) is 44.9 Å². The van der Waals surface area contributed by atoms with Crippen molar-refractivity contribution in [2.75, 3.05) is 52.6 Å². The molecule has 0 spiro atoms. The van der Waals surface area contributed by atoms with E-state index >= 15 is 0 Å². The molecule has 1 atom stereocenters. The van der Waals surface area contributed by atoms with Gasteiger partial charge in [-0.2, -0.15) is 0 Å². The Bertz CT molecular complexity index is 424. The summed E-state index contributed by atoms with van der Waals surface area (Å²) in [6.45, 7) is 6.98. The molecule has 3 fully saturated rings. The van der Waals surface area contributed by atoms with Gasteiger partial charge in [0.1, 0.15) is 0 Å². The van der Waals surface area contributed by atoms with Crippen molar-refractivity contribution in [1.82, 2.24) is 10.2 Å². The minimum Gasteiger partial charge on any atom is -0.381 e. The van der Waals surface area contributed by atoms with Crippen molar-refractivity contribution in [3.63, 3.8) is 0 Å². The third-order valence-corrected chi connectivity index (χ3v) is 6.29. The van der Waals surface area contributed by atoms with Crippen LogP contribution in [0.25, 0.3) is 0 Å². The van der Waals surface area contributed by atoms with Gasteiger partial charge in [-0.15, -0.1) is 24.8 Å². The van der Waals surface area contributed by atoms with E-state index < -0.39 is 6.04 Å². The van der Waals surface area contributed by atoms with Crippen LogP contribution in [-0.4, -0.2) is 69.5 Å². The molecule has 0 aromatic heterocycles. The Morgan fingerprint density at radius 2 is 1.63 bits per heavy atom. The molecule has 2 aliphatic heterocycles. The van der Waals surface area contributed by atoms with E-state index in [0.29, 0.717) is 0 Å². The van der Waals surface area contributed by atoms with Crippen LogP contribution in [0.2, 0.25) is 0 Å². The lowest BCUT2D eigenvalue weighted by molar-refractivity contribution is -0.125. The van der Waals surface area contributed by atoms with Gasteiger partial charge in [-0.05, 0) is 31.6 Å². The molecule has 2 heterocycles. The highest BCUT2D eigenvalue weighted by molar-refractivity contribution is 5.85. The SMILES string of the molecule is Cl.Cl.NC(C(=O)NCC1(CN2CCOCC2)CCCCC1)C1CCOCC1. The van der Waals surface area contributed by atoms with Gasteiger partial charge in [0.05, 0.1) is 19.3 Å². The van der Waals surface area contributed by atoms with Crippen molar-refractivity contribution in [2.45, 2.75) is 51.0 Å². The standard InChI is InChI=1S/C19H35N3O3.2ClH/c20-17(16-4-10-24-11-5-16)18(23)21-14-19(6-2-1-3-7-19)15-22-8-12-25-13-9-22;;/h16-17H,1-15,20H2,(H,21,23);2*1H. The molecule has 6 nitrogen and oxygen atoms in total. The first kappa shape index (κ1) is 24.9. The first-order valence-electron chi connectivity index (χ1n) is 10.1. The summed E-state index contributed by atoms with van der Waals surface area (Å²) in [4.78, 5) is 15.1. The van der Waals surface area contributed by atoms with E-state index in [0.717, 1.165) is 65.4 Å². The van der Waals surface area contributed by atoms with Crippen LogP contribution in [0.5, 0.6) is 0 Å². The average Bonchev–Trinajstić information content (AvgIpc) is 2.68. The van der Waals surface area contributed by atoms with E-state index in [-0.39, 0.29) is 42.1 Å². The molecule has 1 saturated carbocycles. The molecule has 27 heavy (non-hydrogen) atoms. The molecule has 3 rings (SSSR count). The molecule has 0 bridgehead atoms. The fourth-order valence-electron chi connectivity index (χ4n) is 4.61. The number of hydrogen-bond donors (Lipinski definition) is 2. The Morgan fingerprint density at radius 1 is 1.04 bits per heavy atom. The van der Waals surface area contributed by atoms with Crippen LogP contribution in [-0.2, 0) is 14.3 Å². The third-order valence-electron chi connectivity index (χ3n) is 6.29. The first-order valence-corrected chi connectivity index (χ1v) is 10.1. The summed E-state index contributed by atoms with van der Waals surface area (Å²) < 4.78 is 10.9. The van der Waals surface area contributed by atoms with Crippen molar-refractivity contribution in [2.24, 2.45) is 17.1 Å². The maximum absolute atomic E-state index is 12.6. The number of hydrogen-bond acceptors (Lipinski definition) is 5. The molecule has 1 unspecified atom stereocenters. The molecule has 1 aliphatic carbocycles. The van der Waals surface area contributed by atoms with Gasteiger partial charge in [0, 0.05) is 44.8 Å². The number of halogens is 2. The number of morpholine rings is 1. The monoisotopic (exact) mass is 425 g/mol. The number of carbonyl (C=O) groups is 1. The van der Waals surface area contributed by atoms with Gasteiger partial charge in [-0.3, -0.25) is 9.69 Å². The number of nitrogens with zero attached hydrogens (tertiary/aromatic N) is 1. The van der Waals surface area contributed by atoms with Crippen LogP contribution < -0.4 is 11.1 Å². The third kappa shape index (κ3) is 7.33. The minimum atomic E-state index is -0.395. The van der Waals surface area contributed by atoms with Gasteiger partial charge in [0.15, 0.2) is 0 Å². The highest BCUT2D eigenvalue weighted by Crippen LogP contribution is 2.37. The fraction of sp³-hybridized carbons (Fsp3) is 0.947. The summed E-state index contributed by atoms with van der Waals surface area (Å²) in [6, 6.07) is -0.395. The second-order valence-corrected chi connectivity index (χ2v) is 8.14. The molecule has 0 aromatic carbocycles. The fourth-order valence-corrected chi connectivity index (χ4v) is 4.61. The zero-order valence-electron chi connectivity index (χ0n) is 16.3. The summed E-state index contributed by atoms with van der Waals surface area (Å²) in [5, 5.41) is 3.22. The normalized spacial score (nSPS) is 24.9. The molecular weight excluding hydrogens is 389 g/mol.